The molecule has 2 aliphatic carbocycles. The summed E-state index contributed by atoms with van der Waals surface area (Å²) >= 11 is -2.13. The summed E-state index contributed by atoms with van der Waals surface area (Å²) in [6.07, 6.45) is 14.7. The van der Waals surface area contributed by atoms with E-state index in [1.165, 1.54) is 16.7 Å². The van der Waals surface area contributed by atoms with Crippen LogP contribution in [0.15, 0.2) is 54.1 Å². The summed E-state index contributed by atoms with van der Waals surface area (Å²) in [6.45, 7) is 0. The molecule has 0 aliphatic heterocycles. The van der Waals surface area contributed by atoms with Gasteiger partial charge in [-0.1, -0.05) is 0 Å². The third-order valence-electron chi connectivity index (χ3n) is 4.22. The standard InChI is InChI=1S/C17H17.2ClH.Hf/c1-2-9-17(10-5-6-11-17)16-12-14-7-3-4-8-15(14)13-16;;;/h3-8,10-12H,1-2,9,13H2;2*1H;/q;;;+2/p-2. The molecular weight excluding hydrogens is 454 g/mol. The molecule has 0 bridgehead atoms. The second-order valence-electron chi connectivity index (χ2n) is 5.50. The number of hydrogen-bond donors (Lipinski definition) is 0. The number of allylic oxidation sites excluding steroid dienone is 5. The van der Waals surface area contributed by atoms with E-state index in [9.17, 15) is 0 Å². The fourth-order valence-corrected chi connectivity index (χ4v) is 6.93. The van der Waals surface area contributed by atoms with Gasteiger partial charge in [-0.15, -0.1) is 0 Å². The quantitative estimate of drug-likeness (QED) is 0.473. The molecule has 0 aromatic heterocycles. The normalized spacial score (nSPS) is 18.2. The monoisotopic (exact) mass is 471 g/mol. The van der Waals surface area contributed by atoms with Crippen LogP contribution in [0.25, 0.3) is 6.08 Å². The molecule has 0 radical (unpaired) electrons. The van der Waals surface area contributed by atoms with Crippen molar-refractivity contribution in [2.45, 2.75) is 23.4 Å². The maximum atomic E-state index is 6.07. The number of fused-ring (bicyclic) bond motifs is 1. The Hall–Kier alpha value is -0.110. The van der Waals surface area contributed by atoms with Gasteiger partial charge in [0.15, 0.2) is 0 Å². The van der Waals surface area contributed by atoms with Gasteiger partial charge in [0.2, 0.25) is 0 Å². The number of hydrogen-bond acceptors (Lipinski definition) is 0. The molecule has 0 atom stereocenters. The van der Waals surface area contributed by atoms with Crippen LogP contribution in [0.4, 0.5) is 0 Å². The Morgan fingerprint density at radius 2 is 1.85 bits per heavy atom. The molecule has 3 heteroatoms. The van der Waals surface area contributed by atoms with Gasteiger partial charge in [0.05, 0.1) is 0 Å². The van der Waals surface area contributed by atoms with E-state index in [2.05, 4.69) is 54.6 Å². The second kappa shape index (κ2) is 6.34. The van der Waals surface area contributed by atoms with Crippen LogP contribution in [-0.2, 0) is 25.5 Å². The van der Waals surface area contributed by atoms with Crippen molar-refractivity contribution >= 4 is 23.2 Å². The van der Waals surface area contributed by atoms with Gasteiger partial charge in [0, 0.05) is 0 Å². The maximum absolute atomic E-state index is 6.07. The van der Waals surface area contributed by atoms with Crippen LogP contribution in [0.2, 0.25) is 4.18 Å². The Kier molecular flexibility index (Phi) is 4.69. The van der Waals surface area contributed by atoms with Gasteiger partial charge in [-0.3, -0.25) is 0 Å². The second-order valence-corrected chi connectivity index (χ2v) is 18.8. The zero-order chi connectivity index (χ0) is 14.0. The van der Waals surface area contributed by atoms with Crippen molar-refractivity contribution in [3.63, 3.8) is 0 Å². The van der Waals surface area contributed by atoms with E-state index < -0.39 is 19.1 Å². The summed E-state index contributed by atoms with van der Waals surface area (Å²) in [5, 5.41) is 0. The van der Waals surface area contributed by atoms with Crippen LogP contribution in [0.5, 0.6) is 0 Å². The summed E-state index contributed by atoms with van der Waals surface area (Å²) in [5.41, 5.74) is 4.44. The summed E-state index contributed by atoms with van der Waals surface area (Å²) in [6, 6.07) is 8.69. The first-order valence-electron chi connectivity index (χ1n) is 7.02. The van der Waals surface area contributed by atoms with Gasteiger partial charge in [-0.05, 0) is 0 Å². The van der Waals surface area contributed by atoms with Crippen molar-refractivity contribution in [1.29, 1.82) is 0 Å². The minimum atomic E-state index is -2.13. The van der Waals surface area contributed by atoms with Crippen LogP contribution >= 0.6 is 17.2 Å². The number of benzene rings is 1. The molecule has 0 amide bonds. The average Bonchev–Trinajstić information content (AvgIpc) is 3.05. The van der Waals surface area contributed by atoms with Crippen molar-refractivity contribution < 1.29 is 19.1 Å². The molecule has 0 heterocycles. The van der Waals surface area contributed by atoms with Gasteiger partial charge >= 0.3 is 136 Å². The van der Waals surface area contributed by atoms with E-state index in [1.54, 1.807) is 0 Å². The number of rotatable bonds is 5. The summed E-state index contributed by atoms with van der Waals surface area (Å²) in [4.78, 5) is 0. The first kappa shape index (κ1) is 14.8. The van der Waals surface area contributed by atoms with Gasteiger partial charge < -0.3 is 0 Å². The molecule has 1 aromatic rings. The molecule has 3 rings (SSSR count). The van der Waals surface area contributed by atoms with E-state index in [0.29, 0.717) is 0 Å². The van der Waals surface area contributed by atoms with Crippen molar-refractivity contribution in [2.75, 3.05) is 0 Å². The Morgan fingerprint density at radius 1 is 1.10 bits per heavy atom. The predicted molar refractivity (Wildman–Crippen MR) is 84.6 cm³/mol. The van der Waals surface area contributed by atoms with Gasteiger partial charge in [0.25, 0.3) is 0 Å². The van der Waals surface area contributed by atoms with E-state index in [-0.39, 0.29) is 5.41 Å². The topological polar surface area (TPSA) is 0 Å². The average molecular weight is 471 g/mol. The van der Waals surface area contributed by atoms with E-state index in [1.807, 2.05) is 0 Å². The Labute approximate surface area is 135 Å². The van der Waals surface area contributed by atoms with Crippen LogP contribution in [0.1, 0.15) is 24.0 Å². The van der Waals surface area contributed by atoms with Gasteiger partial charge in [0.1, 0.15) is 0 Å². The fraction of sp³-hybridized carbons (Fsp3) is 0.294. The van der Waals surface area contributed by atoms with Crippen LogP contribution in [0, 0.1) is 5.41 Å². The van der Waals surface area contributed by atoms with E-state index in [4.69, 9.17) is 17.2 Å². The Balaban J connectivity index is 1.80. The summed E-state index contributed by atoms with van der Waals surface area (Å²) < 4.78 is 1.07. The zero-order valence-corrected chi connectivity index (χ0v) is 16.4. The van der Waals surface area contributed by atoms with Gasteiger partial charge in [-0.2, -0.15) is 0 Å². The van der Waals surface area contributed by atoms with E-state index in [0.717, 1.165) is 23.4 Å². The van der Waals surface area contributed by atoms with Crippen molar-refractivity contribution in [3.05, 3.63) is 65.3 Å². The van der Waals surface area contributed by atoms with Crippen LogP contribution in [-0.4, -0.2) is 0 Å². The first-order valence-corrected chi connectivity index (χ1v) is 18.5. The molecule has 0 fully saturated rings. The molecule has 0 saturated carbocycles. The van der Waals surface area contributed by atoms with E-state index >= 15 is 0 Å². The molecule has 1 aromatic carbocycles. The Bertz CT molecular complexity index is 572. The van der Waals surface area contributed by atoms with Crippen LogP contribution < -0.4 is 0 Å². The molecule has 0 nitrogen and oxygen atoms in total. The SMILES string of the molecule is [Cl][Hf]([Cl])[CH2]CCC1(C2=Cc3ccccc3C2)C=CC=C1. The molecule has 20 heavy (non-hydrogen) atoms. The molecule has 103 valence electrons. The van der Waals surface area contributed by atoms with Crippen molar-refractivity contribution in [3.8, 4) is 0 Å². The van der Waals surface area contributed by atoms with Crippen LogP contribution in [0.3, 0.4) is 0 Å². The fourth-order valence-electron chi connectivity index (χ4n) is 3.14. The summed E-state index contributed by atoms with van der Waals surface area (Å²) in [5.74, 6) is 0. The van der Waals surface area contributed by atoms with Crippen molar-refractivity contribution in [2.24, 2.45) is 5.41 Å². The molecule has 0 saturated heterocycles. The predicted octanol–water partition coefficient (Wildman–Crippen LogP) is 5.86. The third kappa shape index (κ3) is 3.05. The third-order valence-corrected chi connectivity index (χ3v) is 9.94. The zero-order valence-electron chi connectivity index (χ0n) is 11.3. The molecular formula is C17H17Cl2Hf. The number of halogens is 2. The molecule has 0 spiro atoms. The molecule has 0 N–H and O–H groups in total. The summed E-state index contributed by atoms with van der Waals surface area (Å²) in [7, 11) is 12.1. The van der Waals surface area contributed by atoms with Crippen molar-refractivity contribution in [1.82, 2.24) is 0 Å². The molecule has 2 aliphatic rings. The van der Waals surface area contributed by atoms with Gasteiger partial charge in [-0.25, -0.2) is 0 Å². The minimum absolute atomic E-state index is 0.105. The first-order chi connectivity index (χ1) is 9.70. The molecule has 0 unspecified atom stereocenters. The Morgan fingerprint density at radius 3 is 2.55 bits per heavy atom.